The van der Waals surface area contributed by atoms with Gasteiger partial charge < -0.3 is 12.9 Å². The summed E-state index contributed by atoms with van der Waals surface area (Å²) in [6.45, 7) is -4.99. The van der Waals surface area contributed by atoms with Crippen LogP contribution in [0, 0.1) is 0 Å². The molecule has 74 valence electrons. The topological polar surface area (TPSA) is 30.7 Å². The van der Waals surface area contributed by atoms with E-state index in [-0.39, 0.29) is 5.52 Å². The van der Waals surface area contributed by atoms with Gasteiger partial charge in [0.05, 0.1) is 6.20 Å². The van der Waals surface area contributed by atoms with Crippen LogP contribution in [0.2, 0.25) is 0 Å². The summed E-state index contributed by atoms with van der Waals surface area (Å²) in [7, 11) is 1.64. The van der Waals surface area contributed by atoms with Crippen LogP contribution < -0.4 is 5.46 Å². The molecule has 0 aliphatic rings. The molecule has 0 bridgehead atoms. The zero-order valence-corrected chi connectivity index (χ0v) is 7.28. The molecule has 7 heteroatoms. The molecule has 0 aliphatic heterocycles. The van der Waals surface area contributed by atoms with E-state index in [9.17, 15) is 12.9 Å². The highest BCUT2D eigenvalue weighted by Gasteiger charge is 2.26. The highest BCUT2D eigenvalue weighted by Crippen LogP contribution is 2.12. The number of fused-ring (bicyclic) bond motifs is 1. The lowest BCUT2D eigenvalue weighted by atomic mass is 9.81. The van der Waals surface area contributed by atoms with Crippen molar-refractivity contribution in [3.05, 3.63) is 18.5 Å². The number of pyridine rings is 1. The second-order valence-electron chi connectivity index (χ2n) is 3.05. The van der Waals surface area contributed by atoms with Crippen LogP contribution in [0.25, 0.3) is 11.0 Å². The van der Waals surface area contributed by atoms with E-state index in [1.165, 1.54) is 4.68 Å². The van der Waals surface area contributed by atoms with Gasteiger partial charge in [-0.05, 0) is 0 Å². The monoisotopic (exact) mass is 200 g/mol. The predicted octanol–water partition coefficient (Wildman–Crippen LogP) is 1.02. The zero-order valence-electron chi connectivity index (χ0n) is 7.28. The Morgan fingerprint density at radius 2 is 2.00 bits per heavy atom. The normalized spacial score (nSPS) is 12.3. The minimum atomic E-state index is -4.99. The molecule has 0 saturated heterocycles. The molecule has 0 aliphatic carbocycles. The number of hydrogen-bond acceptors (Lipinski definition) is 2. The molecule has 2 aromatic heterocycles. The molecule has 0 unspecified atom stereocenters. The summed E-state index contributed by atoms with van der Waals surface area (Å²) in [5.74, 6) is 0. The Bertz CT molecular complexity index is 476. The zero-order chi connectivity index (χ0) is 10.3. The first-order valence-electron chi connectivity index (χ1n) is 3.96. The molecule has 2 aromatic rings. The predicted molar refractivity (Wildman–Crippen MR) is 47.2 cm³/mol. The first-order valence-corrected chi connectivity index (χ1v) is 3.96. The van der Waals surface area contributed by atoms with Crippen LogP contribution in [-0.4, -0.2) is 21.7 Å². The summed E-state index contributed by atoms with van der Waals surface area (Å²) in [5, 5.41) is 3.85. The van der Waals surface area contributed by atoms with Gasteiger partial charge in [-0.15, -0.1) is 0 Å². The van der Waals surface area contributed by atoms with Gasteiger partial charge in [0.15, 0.2) is 0 Å². The summed E-state index contributed by atoms with van der Waals surface area (Å²) < 4.78 is 38.4. The molecule has 0 N–H and O–H groups in total. The fourth-order valence-electron chi connectivity index (χ4n) is 1.21. The second kappa shape index (κ2) is 2.73. The van der Waals surface area contributed by atoms with E-state index in [0.717, 1.165) is 12.3 Å². The van der Waals surface area contributed by atoms with Crippen molar-refractivity contribution in [2.75, 3.05) is 0 Å². The van der Waals surface area contributed by atoms with Crippen molar-refractivity contribution < 1.29 is 12.9 Å². The van der Waals surface area contributed by atoms with E-state index in [1.54, 1.807) is 13.2 Å². The highest BCUT2D eigenvalue weighted by molar-refractivity contribution is 6.73. The average molecular weight is 200 g/mol. The summed E-state index contributed by atoms with van der Waals surface area (Å²) in [6, 6.07) is 1.02. The number of nitrogens with zero attached hydrogens (tertiary/aromatic N) is 3. The Labute approximate surface area is 77.6 Å². The number of aromatic nitrogens is 3. The molecule has 0 spiro atoms. The standard InChI is InChI=1S/C7H6BF3N3/c1-14-4-7-6(13-14)2-5(3-12-7)8(9,10)11/h2-4H,1H3/q-1. The SMILES string of the molecule is Cn1cc2ncc([B-](F)(F)F)cc2n1. The lowest BCUT2D eigenvalue weighted by Gasteiger charge is -2.13. The molecular weight excluding hydrogens is 194 g/mol. The van der Waals surface area contributed by atoms with Crippen LogP contribution >= 0.6 is 0 Å². The van der Waals surface area contributed by atoms with E-state index >= 15 is 0 Å². The van der Waals surface area contributed by atoms with Gasteiger partial charge in [-0.1, -0.05) is 11.5 Å². The molecule has 0 atom stereocenters. The lowest BCUT2D eigenvalue weighted by molar-refractivity contribution is 0.501. The fourth-order valence-corrected chi connectivity index (χ4v) is 1.21. The van der Waals surface area contributed by atoms with Crippen molar-refractivity contribution in [3.8, 4) is 0 Å². The smallest absolute Gasteiger partial charge is 0.445 e. The molecule has 0 saturated carbocycles. The third kappa shape index (κ3) is 1.45. The Hall–Kier alpha value is -1.53. The number of aryl methyl sites for hydroxylation is 1. The van der Waals surface area contributed by atoms with Crippen molar-refractivity contribution in [2.45, 2.75) is 0 Å². The molecule has 14 heavy (non-hydrogen) atoms. The Kier molecular flexibility index (Phi) is 1.76. The summed E-state index contributed by atoms with van der Waals surface area (Å²) in [5.41, 5.74) is 0.0247. The minimum absolute atomic E-state index is 0.268. The number of hydrogen-bond donors (Lipinski definition) is 0. The third-order valence-electron chi connectivity index (χ3n) is 1.87. The van der Waals surface area contributed by atoms with Gasteiger partial charge in [0.25, 0.3) is 0 Å². The van der Waals surface area contributed by atoms with Gasteiger partial charge in [-0.2, -0.15) is 5.10 Å². The van der Waals surface area contributed by atoms with Crippen molar-refractivity contribution in [1.82, 2.24) is 14.8 Å². The van der Waals surface area contributed by atoms with Gasteiger partial charge in [-0.25, -0.2) is 0 Å². The molecule has 0 amide bonds. The molecule has 2 heterocycles. The van der Waals surface area contributed by atoms with Gasteiger partial charge in [0.2, 0.25) is 0 Å². The van der Waals surface area contributed by atoms with Gasteiger partial charge in [0.1, 0.15) is 11.0 Å². The maximum absolute atomic E-state index is 12.3. The molecule has 2 rings (SSSR count). The quantitative estimate of drug-likeness (QED) is 0.643. The van der Waals surface area contributed by atoms with Crippen LogP contribution in [0.4, 0.5) is 12.9 Å². The fraction of sp³-hybridized carbons (Fsp3) is 0.143. The van der Waals surface area contributed by atoms with Crippen molar-refractivity contribution in [3.63, 3.8) is 0 Å². The number of rotatable bonds is 1. The van der Waals surface area contributed by atoms with E-state index in [2.05, 4.69) is 10.1 Å². The van der Waals surface area contributed by atoms with Gasteiger partial charge in [0, 0.05) is 13.2 Å². The highest BCUT2D eigenvalue weighted by atomic mass is 19.4. The van der Waals surface area contributed by atoms with E-state index in [0.29, 0.717) is 5.52 Å². The van der Waals surface area contributed by atoms with E-state index < -0.39 is 12.4 Å². The maximum atomic E-state index is 12.3. The molecule has 0 radical (unpaired) electrons. The van der Waals surface area contributed by atoms with E-state index in [4.69, 9.17) is 0 Å². The average Bonchev–Trinajstić information content (AvgIpc) is 2.41. The van der Waals surface area contributed by atoms with Crippen molar-refractivity contribution in [2.24, 2.45) is 7.05 Å². The minimum Gasteiger partial charge on any atom is -0.445 e. The Morgan fingerprint density at radius 3 is 2.64 bits per heavy atom. The molecule has 0 fully saturated rings. The van der Waals surface area contributed by atoms with Crippen LogP contribution in [-0.2, 0) is 7.05 Å². The van der Waals surface area contributed by atoms with Crippen molar-refractivity contribution in [1.29, 1.82) is 0 Å². The van der Waals surface area contributed by atoms with E-state index in [1.807, 2.05) is 0 Å². The first-order chi connectivity index (χ1) is 6.47. The molecule has 0 aromatic carbocycles. The maximum Gasteiger partial charge on any atom is 0.511 e. The van der Waals surface area contributed by atoms with Gasteiger partial charge >= 0.3 is 6.98 Å². The van der Waals surface area contributed by atoms with Crippen LogP contribution in [0.15, 0.2) is 18.5 Å². The Morgan fingerprint density at radius 1 is 1.29 bits per heavy atom. The van der Waals surface area contributed by atoms with Crippen LogP contribution in [0.5, 0.6) is 0 Å². The lowest BCUT2D eigenvalue weighted by Crippen LogP contribution is -2.34. The van der Waals surface area contributed by atoms with Gasteiger partial charge in [-0.3, -0.25) is 9.67 Å². The number of halogens is 3. The van der Waals surface area contributed by atoms with Crippen molar-refractivity contribution >= 4 is 23.5 Å². The summed E-state index contributed by atoms with van der Waals surface area (Å²) in [6.07, 6.45) is 2.41. The molecule has 3 nitrogen and oxygen atoms in total. The Balaban J connectivity index is 2.62. The largest absolute Gasteiger partial charge is 0.511 e. The summed E-state index contributed by atoms with van der Waals surface area (Å²) >= 11 is 0. The first kappa shape index (κ1) is 9.05. The molecular formula is C7H6BF3N3-. The van der Waals surface area contributed by atoms with Crippen LogP contribution in [0.1, 0.15) is 0 Å². The van der Waals surface area contributed by atoms with Crippen LogP contribution in [0.3, 0.4) is 0 Å². The third-order valence-corrected chi connectivity index (χ3v) is 1.87. The second-order valence-corrected chi connectivity index (χ2v) is 3.05. The summed E-state index contributed by atoms with van der Waals surface area (Å²) in [4.78, 5) is 3.68.